The van der Waals surface area contributed by atoms with E-state index in [0.29, 0.717) is 47.5 Å². The molecule has 1 amide bonds. The highest BCUT2D eigenvalue weighted by molar-refractivity contribution is 5.96. The lowest BCUT2D eigenvalue weighted by Gasteiger charge is -2.18. The Morgan fingerprint density at radius 3 is 2.78 bits per heavy atom. The third-order valence-electron chi connectivity index (χ3n) is 4.17. The molecule has 2 aromatic carbocycles. The first-order valence-corrected chi connectivity index (χ1v) is 8.51. The zero-order chi connectivity index (χ0) is 18.6. The molecule has 3 aromatic rings. The summed E-state index contributed by atoms with van der Waals surface area (Å²) >= 11 is 0. The maximum Gasteiger partial charge on any atom is 0.255 e. The zero-order valence-corrected chi connectivity index (χ0v) is 14.7. The fourth-order valence-electron chi connectivity index (χ4n) is 2.83. The van der Waals surface area contributed by atoms with Crippen LogP contribution in [0.2, 0.25) is 0 Å². The summed E-state index contributed by atoms with van der Waals surface area (Å²) < 4.78 is 21.7. The van der Waals surface area contributed by atoms with Gasteiger partial charge in [0, 0.05) is 11.6 Å². The van der Waals surface area contributed by atoms with Crippen LogP contribution in [0.15, 0.2) is 53.1 Å². The number of fused-ring (bicyclic) bond motifs is 1. The number of nitrogens with one attached hydrogen (secondary N) is 1. The molecule has 1 aromatic heterocycles. The van der Waals surface area contributed by atoms with Gasteiger partial charge in [-0.15, -0.1) is 0 Å². The lowest BCUT2D eigenvalue weighted by atomic mass is 10.1. The second-order valence-corrected chi connectivity index (χ2v) is 5.92. The molecule has 27 heavy (non-hydrogen) atoms. The van der Waals surface area contributed by atoms with E-state index < -0.39 is 0 Å². The number of aromatic nitrogens is 1. The number of ether oxygens (including phenoxy) is 3. The maximum atomic E-state index is 12.4. The van der Waals surface area contributed by atoms with Crippen LogP contribution in [0.1, 0.15) is 16.1 Å². The van der Waals surface area contributed by atoms with Crippen molar-refractivity contribution in [1.82, 2.24) is 10.5 Å². The van der Waals surface area contributed by atoms with Gasteiger partial charge in [0.1, 0.15) is 24.7 Å². The summed E-state index contributed by atoms with van der Waals surface area (Å²) in [6.07, 6.45) is 0. The second kappa shape index (κ2) is 7.41. The SMILES string of the molecule is COc1ccccc1C(=O)NCc1cc(-c2ccc3c(c2)OCCO3)on1. The van der Waals surface area contributed by atoms with Gasteiger partial charge in [-0.3, -0.25) is 4.79 Å². The van der Waals surface area contributed by atoms with Gasteiger partial charge in [-0.2, -0.15) is 0 Å². The van der Waals surface area contributed by atoms with E-state index in [-0.39, 0.29) is 12.5 Å². The zero-order valence-electron chi connectivity index (χ0n) is 14.7. The van der Waals surface area contributed by atoms with Gasteiger partial charge in [-0.05, 0) is 30.3 Å². The van der Waals surface area contributed by atoms with E-state index in [9.17, 15) is 4.79 Å². The van der Waals surface area contributed by atoms with E-state index in [1.807, 2.05) is 24.3 Å². The minimum absolute atomic E-state index is 0.240. The highest BCUT2D eigenvalue weighted by atomic mass is 16.6. The van der Waals surface area contributed by atoms with Gasteiger partial charge < -0.3 is 24.1 Å². The van der Waals surface area contributed by atoms with E-state index in [0.717, 1.165) is 5.56 Å². The first kappa shape index (κ1) is 17.0. The highest BCUT2D eigenvalue weighted by Crippen LogP contribution is 2.34. The van der Waals surface area contributed by atoms with Crippen LogP contribution in [0.4, 0.5) is 0 Å². The van der Waals surface area contributed by atoms with E-state index >= 15 is 0 Å². The van der Waals surface area contributed by atoms with Crippen molar-refractivity contribution in [2.45, 2.75) is 6.54 Å². The molecule has 0 spiro atoms. The molecule has 0 bridgehead atoms. The molecule has 2 heterocycles. The Bertz CT molecular complexity index is 967. The van der Waals surface area contributed by atoms with Gasteiger partial charge in [-0.1, -0.05) is 17.3 Å². The molecule has 0 saturated heterocycles. The summed E-state index contributed by atoms with van der Waals surface area (Å²) in [7, 11) is 1.53. The minimum atomic E-state index is -0.240. The molecule has 4 rings (SSSR count). The van der Waals surface area contributed by atoms with Gasteiger partial charge >= 0.3 is 0 Å². The van der Waals surface area contributed by atoms with Crippen molar-refractivity contribution < 1.29 is 23.5 Å². The number of hydrogen-bond acceptors (Lipinski definition) is 6. The van der Waals surface area contributed by atoms with Crippen molar-refractivity contribution in [3.63, 3.8) is 0 Å². The Labute approximate surface area is 155 Å². The van der Waals surface area contributed by atoms with Crippen LogP contribution in [-0.2, 0) is 6.54 Å². The third kappa shape index (κ3) is 3.57. The van der Waals surface area contributed by atoms with Crippen molar-refractivity contribution in [2.75, 3.05) is 20.3 Å². The molecule has 1 aliphatic rings. The van der Waals surface area contributed by atoms with Gasteiger partial charge in [0.05, 0.1) is 19.2 Å². The van der Waals surface area contributed by atoms with E-state index in [1.165, 1.54) is 7.11 Å². The van der Waals surface area contributed by atoms with E-state index in [1.54, 1.807) is 24.3 Å². The summed E-state index contributed by atoms with van der Waals surface area (Å²) in [5.74, 6) is 2.27. The quantitative estimate of drug-likeness (QED) is 0.747. The molecule has 7 nitrogen and oxygen atoms in total. The Morgan fingerprint density at radius 1 is 1.11 bits per heavy atom. The molecule has 138 valence electrons. The number of benzene rings is 2. The highest BCUT2D eigenvalue weighted by Gasteiger charge is 2.16. The Kier molecular flexibility index (Phi) is 4.65. The number of nitrogens with zero attached hydrogens (tertiary/aromatic N) is 1. The summed E-state index contributed by atoms with van der Waals surface area (Å²) in [4.78, 5) is 12.4. The van der Waals surface area contributed by atoms with Crippen LogP contribution >= 0.6 is 0 Å². The molecule has 0 aliphatic carbocycles. The lowest BCUT2D eigenvalue weighted by Crippen LogP contribution is -2.23. The molecule has 0 radical (unpaired) electrons. The second-order valence-electron chi connectivity index (χ2n) is 5.92. The molecule has 7 heteroatoms. The topological polar surface area (TPSA) is 82.8 Å². The average Bonchev–Trinajstić information content (AvgIpc) is 3.20. The van der Waals surface area contributed by atoms with Crippen LogP contribution in [0, 0.1) is 0 Å². The van der Waals surface area contributed by atoms with Crippen molar-refractivity contribution in [3.05, 3.63) is 59.8 Å². The van der Waals surface area contributed by atoms with Crippen molar-refractivity contribution in [3.8, 4) is 28.6 Å². The molecule has 0 unspecified atom stereocenters. The Balaban J connectivity index is 1.45. The fourth-order valence-corrected chi connectivity index (χ4v) is 2.83. The molecule has 0 fully saturated rings. The maximum absolute atomic E-state index is 12.4. The molecule has 1 N–H and O–H groups in total. The van der Waals surface area contributed by atoms with Gasteiger partial charge in [0.2, 0.25) is 0 Å². The smallest absolute Gasteiger partial charge is 0.255 e. The molecule has 0 atom stereocenters. The number of carbonyl (C=O) groups is 1. The summed E-state index contributed by atoms with van der Waals surface area (Å²) in [5.41, 5.74) is 1.91. The number of rotatable bonds is 5. The monoisotopic (exact) mass is 366 g/mol. The fraction of sp³-hybridized carbons (Fsp3) is 0.200. The summed E-state index contributed by atoms with van der Waals surface area (Å²) in [6, 6.07) is 14.4. The number of carbonyl (C=O) groups excluding carboxylic acids is 1. The van der Waals surface area contributed by atoms with Gasteiger partial charge in [0.25, 0.3) is 5.91 Å². The minimum Gasteiger partial charge on any atom is -0.496 e. The van der Waals surface area contributed by atoms with E-state index in [2.05, 4.69) is 10.5 Å². The lowest BCUT2D eigenvalue weighted by molar-refractivity contribution is 0.0947. The van der Waals surface area contributed by atoms with Gasteiger partial charge in [0.15, 0.2) is 17.3 Å². The van der Waals surface area contributed by atoms with Crippen LogP contribution < -0.4 is 19.5 Å². The predicted molar refractivity (Wildman–Crippen MR) is 97.1 cm³/mol. The number of hydrogen-bond donors (Lipinski definition) is 1. The summed E-state index contributed by atoms with van der Waals surface area (Å²) in [6.45, 7) is 1.31. The van der Waals surface area contributed by atoms with Crippen molar-refractivity contribution in [1.29, 1.82) is 0 Å². The molecular formula is C20H18N2O5. The number of para-hydroxylation sites is 1. The number of amides is 1. The third-order valence-corrected chi connectivity index (χ3v) is 4.17. The van der Waals surface area contributed by atoms with Crippen LogP contribution in [0.5, 0.6) is 17.2 Å². The Morgan fingerprint density at radius 2 is 1.93 bits per heavy atom. The Hall–Kier alpha value is -3.48. The predicted octanol–water partition coefficient (Wildman–Crippen LogP) is 3.05. The largest absolute Gasteiger partial charge is 0.496 e. The standard InChI is InChI=1S/C20H18N2O5/c1-24-16-5-3-2-4-15(16)20(23)21-12-14-11-18(27-22-14)13-6-7-17-19(10-13)26-9-8-25-17/h2-7,10-11H,8-9,12H2,1H3,(H,21,23). The van der Waals surface area contributed by atoms with Gasteiger partial charge in [-0.25, -0.2) is 0 Å². The van der Waals surface area contributed by atoms with Crippen LogP contribution in [0.3, 0.4) is 0 Å². The molecular weight excluding hydrogens is 348 g/mol. The summed E-state index contributed by atoms with van der Waals surface area (Å²) in [5, 5.41) is 6.84. The van der Waals surface area contributed by atoms with Crippen molar-refractivity contribution >= 4 is 5.91 Å². The van der Waals surface area contributed by atoms with Crippen LogP contribution in [-0.4, -0.2) is 31.4 Å². The van der Waals surface area contributed by atoms with E-state index in [4.69, 9.17) is 18.7 Å². The molecule has 1 aliphatic heterocycles. The first-order valence-electron chi connectivity index (χ1n) is 8.51. The average molecular weight is 366 g/mol. The molecule has 0 saturated carbocycles. The first-order chi connectivity index (χ1) is 13.2. The number of methoxy groups -OCH3 is 1. The van der Waals surface area contributed by atoms with Crippen molar-refractivity contribution in [2.24, 2.45) is 0 Å². The normalized spacial score (nSPS) is 12.5. The van der Waals surface area contributed by atoms with Crippen LogP contribution in [0.25, 0.3) is 11.3 Å².